The van der Waals surface area contributed by atoms with Gasteiger partial charge in [0, 0.05) is 19.2 Å². The van der Waals surface area contributed by atoms with Crippen molar-refractivity contribution in [2.24, 2.45) is 0 Å². The van der Waals surface area contributed by atoms with Crippen molar-refractivity contribution in [1.29, 1.82) is 0 Å². The van der Waals surface area contributed by atoms with E-state index in [1.165, 1.54) is 24.1 Å². The molecule has 1 aliphatic heterocycles. The van der Waals surface area contributed by atoms with Gasteiger partial charge in [0.25, 0.3) is 5.91 Å². The van der Waals surface area contributed by atoms with Crippen molar-refractivity contribution < 1.29 is 28.2 Å². The number of halogens is 2. The van der Waals surface area contributed by atoms with Gasteiger partial charge >= 0.3 is 6.09 Å². The second kappa shape index (κ2) is 9.54. The van der Waals surface area contributed by atoms with E-state index in [0.29, 0.717) is 19.6 Å². The molecule has 7 nitrogen and oxygen atoms in total. The molecule has 1 aromatic carbocycles. The minimum atomic E-state index is -1.18. The molecule has 0 radical (unpaired) electrons. The predicted octanol–water partition coefficient (Wildman–Crippen LogP) is 3.27. The third-order valence-corrected chi connectivity index (χ3v) is 4.25. The van der Waals surface area contributed by atoms with Crippen molar-refractivity contribution in [3.8, 4) is 0 Å². The van der Waals surface area contributed by atoms with Gasteiger partial charge < -0.3 is 19.5 Å². The summed E-state index contributed by atoms with van der Waals surface area (Å²) in [4.78, 5) is 26.5. The van der Waals surface area contributed by atoms with Gasteiger partial charge in [-0.2, -0.15) is 0 Å². The maximum Gasteiger partial charge on any atom is 0.412 e. The Bertz CT molecular complexity index is 710. The lowest BCUT2D eigenvalue weighted by Gasteiger charge is -2.36. The van der Waals surface area contributed by atoms with Crippen LogP contribution in [0.15, 0.2) is 18.2 Å². The molecule has 0 saturated carbocycles. The van der Waals surface area contributed by atoms with E-state index in [0.717, 1.165) is 0 Å². The molecule has 2 rings (SSSR count). The van der Waals surface area contributed by atoms with Gasteiger partial charge in [0.2, 0.25) is 6.23 Å². The first-order chi connectivity index (χ1) is 13.1. The molecule has 2 amide bonds. The van der Waals surface area contributed by atoms with Crippen LogP contribution < -0.4 is 5.32 Å². The zero-order valence-corrected chi connectivity index (χ0v) is 17.2. The van der Waals surface area contributed by atoms with Crippen LogP contribution in [0.3, 0.4) is 0 Å². The molecule has 0 aromatic heterocycles. The average Bonchev–Trinajstić information content (AvgIpc) is 2.62. The zero-order valence-electron chi connectivity index (χ0n) is 16.5. The molecular formula is C19H26ClFN2O5. The van der Waals surface area contributed by atoms with Gasteiger partial charge in [0.05, 0.1) is 24.3 Å². The van der Waals surface area contributed by atoms with E-state index in [9.17, 15) is 14.0 Å². The molecule has 1 aromatic rings. The SMILES string of the molecule is COC[C@@H](NC(=O)[C@@H]1OCCCN1C(=O)OC(C)(C)C)c1cccc(Cl)c1F. The van der Waals surface area contributed by atoms with Gasteiger partial charge in [-0.1, -0.05) is 23.7 Å². The van der Waals surface area contributed by atoms with Crippen molar-refractivity contribution in [1.82, 2.24) is 10.2 Å². The molecule has 1 aliphatic rings. The first-order valence-electron chi connectivity index (χ1n) is 8.98. The summed E-state index contributed by atoms with van der Waals surface area (Å²) in [6.45, 7) is 5.86. The standard InChI is InChI=1S/C19H26ClFN2O5/c1-19(2,3)28-18(25)23-9-6-10-27-17(23)16(24)22-14(11-26-4)12-7-5-8-13(20)15(12)21/h5,7-8,14,17H,6,9-11H2,1-4H3,(H,22,24)/t14-,17+/m1/s1. The molecule has 0 aliphatic carbocycles. The summed E-state index contributed by atoms with van der Waals surface area (Å²) >= 11 is 5.85. The number of nitrogens with one attached hydrogen (secondary N) is 1. The Balaban J connectivity index is 2.18. The molecule has 1 saturated heterocycles. The summed E-state index contributed by atoms with van der Waals surface area (Å²) in [6.07, 6.45) is -1.25. The van der Waals surface area contributed by atoms with Gasteiger partial charge in [-0.15, -0.1) is 0 Å². The van der Waals surface area contributed by atoms with E-state index >= 15 is 0 Å². The smallest absolute Gasteiger partial charge is 0.412 e. The Kier molecular flexibility index (Phi) is 7.63. The van der Waals surface area contributed by atoms with E-state index in [-0.39, 0.29) is 17.2 Å². The monoisotopic (exact) mass is 416 g/mol. The maximum absolute atomic E-state index is 14.4. The quantitative estimate of drug-likeness (QED) is 0.797. The summed E-state index contributed by atoms with van der Waals surface area (Å²) in [6, 6.07) is 3.71. The summed E-state index contributed by atoms with van der Waals surface area (Å²) in [7, 11) is 1.44. The van der Waals surface area contributed by atoms with Gasteiger partial charge in [-0.05, 0) is 33.3 Å². The fourth-order valence-electron chi connectivity index (χ4n) is 2.77. The van der Waals surface area contributed by atoms with Crippen LogP contribution in [-0.4, -0.2) is 55.6 Å². The Hall–Kier alpha value is -1.90. The summed E-state index contributed by atoms with van der Waals surface area (Å²) in [5.74, 6) is -1.23. The van der Waals surface area contributed by atoms with E-state index in [4.69, 9.17) is 25.8 Å². The van der Waals surface area contributed by atoms with Crippen LogP contribution in [-0.2, 0) is 19.0 Å². The lowest BCUT2D eigenvalue weighted by atomic mass is 10.1. The number of amides is 2. The van der Waals surface area contributed by atoms with E-state index in [1.54, 1.807) is 26.8 Å². The number of methoxy groups -OCH3 is 1. The van der Waals surface area contributed by atoms with Crippen LogP contribution in [0.5, 0.6) is 0 Å². The largest absolute Gasteiger partial charge is 0.444 e. The molecule has 1 N–H and O–H groups in total. The third kappa shape index (κ3) is 5.80. The molecule has 2 atom stereocenters. The highest BCUT2D eigenvalue weighted by Crippen LogP contribution is 2.24. The topological polar surface area (TPSA) is 77.1 Å². The van der Waals surface area contributed by atoms with Crippen molar-refractivity contribution in [3.05, 3.63) is 34.6 Å². The first kappa shape index (κ1) is 22.4. The fourth-order valence-corrected chi connectivity index (χ4v) is 2.95. The van der Waals surface area contributed by atoms with Gasteiger partial charge in [-0.25, -0.2) is 9.18 Å². The van der Waals surface area contributed by atoms with E-state index < -0.39 is 35.7 Å². The van der Waals surface area contributed by atoms with Crippen LogP contribution >= 0.6 is 11.6 Å². The number of carbonyl (C=O) groups is 2. The number of carbonyl (C=O) groups excluding carboxylic acids is 2. The van der Waals surface area contributed by atoms with Gasteiger partial charge in [-0.3, -0.25) is 9.69 Å². The van der Waals surface area contributed by atoms with Crippen molar-refractivity contribution in [3.63, 3.8) is 0 Å². The Morgan fingerprint density at radius 3 is 2.79 bits per heavy atom. The molecule has 28 heavy (non-hydrogen) atoms. The average molecular weight is 417 g/mol. The van der Waals surface area contributed by atoms with Crippen LogP contribution in [0.4, 0.5) is 9.18 Å². The summed E-state index contributed by atoms with van der Waals surface area (Å²) in [5.41, 5.74) is -0.528. The number of rotatable bonds is 5. The fraction of sp³-hybridized carbons (Fsp3) is 0.579. The van der Waals surface area contributed by atoms with Crippen LogP contribution in [0, 0.1) is 5.82 Å². The van der Waals surface area contributed by atoms with Gasteiger partial charge in [0.1, 0.15) is 11.4 Å². The Morgan fingerprint density at radius 1 is 1.43 bits per heavy atom. The van der Waals surface area contributed by atoms with Crippen molar-refractivity contribution in [2.45, 2.75) is 45.1 Å². The molecule has 1 heterocycles. The minimum Gasteiger partial charge on any atom is -0.444 e. The Morgan fingerprint density at radius 2 is 2.14 bits per heavy atom. The summed E-state index contributed by atoms with van der Waals surface area (Å²) < 4.78 is 30.4. The maximum atomic E-state index is 14.4. The lowest BCUT2D eigenvalue weighted by Crippen LogP contribution is -2.55. The molecule has 156 valence electrons. The van der Waals surface area contributed by atoms with Crippen molar-refractivity contribution >= 4 is 23.6 Å². The third-order valence-electron chi connectivity index (χ3n) is 3.96. The van der Waals surface area contributed by atoms with E-state index in [1.807, 2.05) is 0 Å². The number of hydrogen-bond donors (Lipinski definition) is 1. The molecular weight excluding hydrogens is 391 g/mol. The van der Waals surface area contributed by atoms with Crippen LogP contribution in [0.1, 0.15) is 38.8 Å². The molecule has 0 unspecified atom stereocenters. The Labute approximate surface area is 169 Å². The first-order valence-corrected chi connectivity index (χ1v) is 9.36. The van der Waals surface area contributed by atoms with Crippen LogP contribution in [0.2, 0.25) is 5.02 Å². The van der Waals surface area contributed by atoms with Gasteiger partial charge in [0.15, 0.2) is 0 Å². The normalized spacial score (nSPS) is 18.5. The number of hydrogen-bond acceptors (Lipinski definition) is 5. The summed E-state index contributed by atoms with van der Waals surface area (Å²) in [5, 5.41) is 2.62. The highest BCUT2D eigenvalue weighted by molar-refractivity contribution is 6.30. The molecule has 0 spiro atoms. The van der Waals surface area contributed by atoms with Crippen LogP contribution in [0.25, 0.3) is 0 Å². The number of benzene rings is 1. The predicted molar refractivity (Wildman–Crippen MR) is 101 cm³/mol. The molecule has 1 fully saturated rings. The second-order valence-electron chi connectivity index (χ2n) is 7.41. The molecule has 9 heteroatoms. The zero-order chi connectivity index (χ0) is 20.9. The van der Waals surface area contributed by atoms with E-state index in [2.05, 4.69) is 5.32 Å². The van der Waals surface area contributed by atoms with Crippen molar-refractivity contribution in [2.75, 3.05) is 26.9 Å². The highest BCUT2D eigenvalue weighted by Gasteiger charge is 2.37. The minimum absolute atomic E-state index is 0.0160. The lowest BCUT2D eigenvalue weighted by molar-refractivity contribution is -0.153. The second-order valence-corrected chi connectivity index (χ2v) is 7.82. The number of ether oxygens (including phenoxy) is 3. The number of nitrogens with zero attached hydrogens (tertiary/aromatic N) is 1. The highest BCUT2D eigenvalue weighted by atomic mass is 35.5. The molecule has 0 bridgehead atoms.